The quantitative estimate of drug-likeness (QED) is 0.0677. The molecule has 2 aromatic carbocycles. The highest BCUT2D eigenvalue weighted by Gasteiger charge is 2.41. The number of carbonyl (C=O) groups is 1. The molecule has 1 amide bonds. The van der Waals surface area contributed by atoms with E-state index in [0.29, 0.717) is 75.3 Å². The first kappa shape index (κ1) is 37.9. The number of nitrogens with zero attached hydrogens (tertiary/aromatic N) is 2. The summed E-state index contributed by atoms with van der Waals surface area (Å²) in [5, 5.41) is 0. The molecule has 270 valence electrons. The molecule has 0 saturated heterocycles. The monoisotopic (exact) mass is 753 g/mol. The van der Waals surface area contributed by atoms with Gasteiger partial charge in [0.2, 0.25) is 5.91 Å². The van der Waals surface area contributed by atoms with Crippen molar-refractivity contribution in [2.24, 2.45) is 34.6 Å². The molecule has 2 heterocycles. The minimum Gasteiger partial charge on any atom is -0.369 e. The second kappa shape index (κ2) is 14.3. The molecule has 10 nitrogen and oxygen atoms in total. The zero-order valence-electron chi connectivity index (χ0n) is 27.0. The van der Waals surface area contributed by atoms with E-state index in [1.807, 2.05) is 0 Å². The number of carbonyl (C=O) groups excluding carboxylic acids is 1. The molecule has 0 fully saturated rings. The lowest BCUT2D eigenvalue weighted by molar-refractivity contribution is -0.124. The van der Waals surface area contributed by atoms with Crippen LogP contribution in [0.4, 0.5) is 17.6 Å². The summed E-state index contributed by atoms with van der Waals surface area (Å²) in [5.74, 6) is -4.31. The first-order valence-corrected chi connectivity index (χ1v) is 16.9. The second-order valence-corrected chi connectivity index (χ2v) is 14.1. The van der Waals surface area contributed by atoms with Crippen molar-refractivity contribution in [3.05, 3.63) is 103 Å². The third kappa shape index (κ3) is 7.07. The van der Waals surface area contributed by atoms with Gasteiger partial charge in [-0.1, -0.05) is 0 Å². The molecular weight excluding hydrogens is 714 g/mol. The maximum atomic E-state index is 14.4. The van der Waals surface area contributed by atoms with Gasteiger partial charge in [-0.2, -0.15) is 0 Å². The second-order valence-electron chi connectivity index (χ2n) is 13.4. The lowest BCUT2D eigenvalue weighted by Gasteiger charge is -2.36. The first-order chi connectivity index (χ1) is 23.1. The summed E-state index contributed by atoms with van der Waals surface area (Å²) in [6, 6.07) is 3.83. The van der Waals surface area contributed by atoms with Crippen LogP contribution in [0.1, 0.15) is 77.8 Å². The summed E-state index contributed by atoms with van der Waals surface area (Å²) in [5.41, 5.74) is 32.3. The Morgan fingerprint density at radius 2 is 1.28 bits per heavy atom. The summed E-state index contributed by atoms with van der Waals surface area (Å²) < 4.78 is 61.1. The number of benzene rings is 2. The number of H-pyrrole nitrogens is 2. The molecule has 17 heteroatoms. The Hall–Kier alpha value is -3.38. The highest BCUT2D eigenvalue weighted by Crippen LogP contribution is 2.37. The molecule has 50 heavy (non-hydrogen) atoms. The average molecular weight is 754 g/mol. The van der Waals surface area contributed by atoms with Crippen molar-refractivity contribution < 1.29 is 22.4 Å². The number of rotatable bonds is 10. The van der Waals surface area contributed by atoms with Crippen LogP contribution < -0.4 is 28.7 Å². The fourth-order valence-electron chi connectivity index (χ4n) is 7.71. The number of aromatic nitrogens is 4. The predicted octanol–water partition coefficient (Wildman–Crippen LogP) is 4.96. The van der Waals surface area contributed by atoms with E-state index in [2.05, 4.69) is 9.97 Å². The standard InChI is InChI=1S/C33H39F4N9OS2.ClH/c34-18-8-16-10-20(3-5-22(16)25(36)12-18)45-27(14-43-30(45)48)32(39,40)7-1-2-24(29(38)47)33(41,42)28-15-44-31(49)46(28)21-4-6-23-17(11-21)9-19(35)13-26(23)37;/h8-9,12-15,20-21,24H,1-7,10-11,39-42H2,(H2,38,47)(H,43,48)(H,44,49);1H. The van der Waals surface area contributed by atoms with E-state index in [4.69, 9.17) is 53.1 Å². The van der Waals surface area contributed by atoms with Gasteiger partial charge in [0.15, 0.2) is 9.54 Å². The molecule has 12 N–H and O–H groups in total. The van der Waals surface area contributed by atoms with Crippen LogP contribution in [0.5, 0.6) is 0 Å². The third-order valence-electron chi connectivity index (χ3n) is 10.1. The zero-order valence-corrected chi connectivity index (χ0v) is 29.4. The van der Waals surface area contributed by atoms with Crippen LogP contribution in [0.3, 0.4) is 0 Å². The third-order valence-corrected chi connectivity index (χ3v) is 10.8. The van der Waals surface area contributed by atoms with E-state index < -0.39 is 46.4 Å². The van der Waals surface area contributed by atoms with Gasteiger partial charge in [-0.3, -0.25) is 4.79 Å². The van der Waals surface area contributed by atoms with Gasteiger partial charge in [-0.15, -0.1) is 12.4 Å². The van der Waals surface area contributed by atoms with E-state index >= 15 is 0 Å². The summed E-state index contributed by atoms with van der Waals surface area (Å²) >= 11 is 11.1. The molecule has 0 spiro atoms. The van der Waals surface area contributed by atoms with Gasteiger partial charge in [-0.05, 0) is 117 Å². The van der Waals surface area contributed by atoms with Crippen LogP contribution in [-0.4, -0.2) is 25.0 Å². The lowest BCUT2D eigenvalue weighted by Crippen LogP contribution is -2.58. The van der Waals surface area contributed by atoms with Gasteiger partial charge in [0.25, 0.3) is 0 Å². The number of hydrogen-bond donors (Lipinski definition) is 7. The van der Waals surface area contributed by atoms with Gasteiger partial charge in [0.1, 0.15) is 34.6 Å². The number of nitrogens with one attached hydrogen (secondary N) is 2. The summed E-state index contributed by atoms with van der Waals surface area (Å²) in [6.45, 7) is 0. The van der Waals surface area contributed by atoms with E-state index in [9.17, 15) is 22.4 Å². The largest absolute Gasteiger partial charge is 0.369 e. The fourth-order valence-corrected chi connectivity index (χ4v) is 8.32. The number of hydrogen-bond acceptors (Lipinski definition) is 7. The Morgan fingerprint density at radius 1 is 0.820 bits per heavy atom. The number of amides is 1. The number of nitrogens with two attached hydrogens (primary N) is 5. The molecule has 0 saturated carbocycles. The highest BCUT2D eigenvalue weighted by molar-refractivity contribution is 7.71. The Balaban J connectivity index is 0.00000486. The molecule has 6 rings (SSSR count). The summed E-state index contributed by atoms with van der Waals surface area (Å²) in [4.78, 5) is 18.8. The predicted molar refractivity (Wildman–Crippen MR) is 188 cm³/mol. The van der Waals surface area contributed by atoms with Crippen LogP contribution in [0.25, 0.3) is 0 Å². The van der Waals surface area contributed by atoms with Crippen LogP contribution in [0, 0.1) is 38.7 Å². The molecular formula is C33H40ClF4N9OS2. The zero-order chi connectivity index (χ0) is 35.4. The minimum atomic E-state index is -1.79. The van der Waals surface area contributed by atoms with E-state index in [-0.39, 0.29) is 50.2 Å². The molecule has 2 aliphatic carbocycles. The smallest absolute Gasteiger partial charge is 0.224 e. The van der Waals surface area contributed by atoms with Gasteiger partial charge in [-0.25, -0.2) is 17.6 Å². The average Bonchev–Trinajstić information content (AvgIpc) is 3.61. The summed E-state index contributed by atoms with van der Waals surface area (Å²) in [7, 11) is 0. The SMILES string of the molecule is Cl.NC(=O)C(CCCC(N)(N)c1c[nH]c(=S)n1C1CCc2c(F)cc(F)cc2C1)C(N)(N)c1c[nH]c(=S)n1C1CCc2c(F)cc(F)cc2C1. The molecule has 2 aromatic heterocycles. The highest BCUT2D eigenvalue weighted by atomic mass is 35.5. The molecule has 0 bridgehead atoms. The molecule has 3 unspecified atom stereocenters. The fraction of sp³-hybridized carbons (Fsp3) is 0.424. The van der Waals surface area contributed by atoms with Crippen molar-refractivity contribution >= 4 is 42.7 Å². The first-order valence-electron chi connectivity index (χ1n) is 16.1. The van der Waals surface area contributed by atoms with Crippen molar-refractivity contribution in [2.45, 2.75) is 81.2 Å². The molecule has 3 atom stereocenters. The van der Waals surface area contributed by atoms with Crippen LogP contribution in [0.2, 0.25) is 0 Å². The van der Waals surface area contributed by atoms with Crippen molar-refractivity contribution in [3.63, 3.8) is 0 Å². The molecule has 2 aliphatic rings. The number of halogens is 5. The Bertz CT molecular complexity index is 2040. The topological polar surface area (TPSA) is 189 Å². The van der Waals surface area contributed by atoms with Crippen molar-refractivity contribution in [2.75, 3.05) is 0 Å². The summed E-state index contributed by atoms with van der Waals surface area (Å²) in [6.07, 6.45) is 6.09. The lowest BCUT2D eigenvalue weighted by atomic mass is 9.83. The van der Waals surface area contributed by atoms with Crippen molar-refractivity contribution in [3.8, 4) is 0 Å². The van der Waals surface area contributed by atoms with Crippen LogP contribution in [-0.2, 0) is 41.8 Å². The number of primary amides is 1. The van der Waals surface area contributed by atoms with E-state index in [0.717, 1.165) is 12.1 Å². The van der Waals surface area contributed by atoms with E-state index in [1.54, 1.807) is 15.3 Å². The number of aromatic amines is 2. The molecule has 4 aromatic rings. The molecule has 0 aliphatic heterocycles. The molecule has 0 radical (unpaired) electrons. The van der Waals surface area contributed by atoms with Gasteiger partial charge >= 0.3 is 0 Å². The van der Waals surface area contributed by atoms with Gasteiger partial charge in [0.05, 0.1) is 17.3 Å². The van der Waals surface area contributed by atoms with E-state index in [1.165, 1.54) is 18.3 Å². The van der Waals surface area contributed by atoms with Gasteiger partial charge in [0, 0.05) is 36.6 Å². The van der Waals surface area contributed by atoms with Crippen LogP contribution >= 0.6 is 36.8 Å². The normalized spacial score (nSPS) is 18.2. The van der Waals surface area contributed by atoms with Gasteiger partial charge < -0.3 is 47.8 Å². The Morgan fingerprint density at radius 3 is 1.76 bits per heavy atom. The Labute approximate surface area is 302 Å². The number of fused-ring (bicyclic) bond motifs is 2. The maximum absolute atomic E-state index is 14.4. The Kier molecular flexibility index (Phi) is 10.9. The van der Waals surface area contributed by atoms with Crippen molar-refractivity contribution in [1.82, 2.24) is 19.1 Å². The minimum absolute atomic E-state index is 0. The maximum Gasteiger partial charge on any atom is 0.224 e. The van der Waals surface area contributed by atoms with Crippen molar-refractivity contribution in [1.29, 1.82) is 0 Å². The van der Waals surface area contributed by atoms with Crippen LogP contribution in [0.15, 0.2) is 36.7 Å². The number of imidazole rings is 2.